The average molecular weight is 458 g/mol. The highest BCUT2D eigenvalue weighted by molar-refractivity contribution is 7.99. The van der Waals surface area contributed by atoms with E-state index in [-0.39, 0.29) is 0 Å². The molecule has 6 heteroatoms. The summed E-state index contributed by atoms with van der Waals surface area (Å²) >= 11 is 9.41. The van der Waals surface area contributed by atoms with Gasteiger partial charge in [0.15, 0.2) is 5.11 Å². The first-order chi connectivity index (χ1) is 14.7. The SMILES string of the molecule is CNC(=S)N1CCSC1c1ccc(SCCN2CCC(c3ccccc3)CC2)cc1. The lowest BCUT2D eigenvalue weighted by Gasteiger charge is -2.32. The van der Waals surface area contributed by atoms with Gasteiger partial charge in [-0.15, -0.1) is 23.5 Å². The van der Waals surface area contributed by atoms with Crippen LogP contribution in [0, 0.1) is 0 Å². The molecular formula is C24H31N3S3. The fourth-order valence-corrected chi connectivity index (χ4v) is 6.78. The van der Waals surface area contributed by atoms with Crippen molar-refractivity contribution in [3.63, 3.8) is 0 Å². The van der Waals surface area contributed by atoms with E-state index in [9.17, 15) is 0 Å². The van der Waals surface area contributed by atoms with E-state index >= 15 is 0 Å². The van der Waals surface area contributed by atoms with Crippen LogP contribution in [0.25, 0.3) is 0 Å². The summed E-state index contributed by atoms with van der Waals surface area (Å²) in [4.78, 5) is 6.29. The van der Waals surface area contributed by atoms with Crippen LogP contribution in [0.2, 0.25) is 0 Å². The molecule has 2 aromatic carbocycles. The number of rotatable bonds is 6. The summed E-state index contributed by atoms with van der Waals surface area (Å²) in [6, 6.07) is 20.1. The molecule has 2 fully saturated rings. The Morgan fingerprint density at radius 1 is 1.03 bits per heavy atom. The summed E-state index contributed by atoms with van der Waals surface area (Å²) in [6.07, 6.45) is 2.57. The van der Waals surface area contributed by atoms with Crippen molar-refractivity contribution in [1.82, 2.24) is 15.1 Å². The van der Waals surface area contributed by atoms with Gasteiger partial charge in [0.1, 0.15) is 5.37 Å². The van der Waals surface area contributed by atoms with E-state index < -0.39 is 0 Å². The van der Waals surface area contributed by atoms with Crippen molar-refractivity contribution in [2.75, 3.05) is 44.7 Å². The molecule has 2 heterocycles. The average Bonchev–Trinajstić information content (AvgIpc) is 3.30. The largest absolute Gasteiger partial charge is 0.366 e. The molecule has 0 radical (unpaired) electrons. The number of likely N-dealkylation sites (tertiary alicyclic amines) is 1. The molecule has 1 unspecified atom stereocenters. The second-order valence-corrected chi connectivity index (χ2v) is 10.7. The molecule has 4 rings (SSSR count). The zero-order chi connectivity index (χ0) is 20.8. The minimum atomic E-state index is 0.343. The van der Waals surface area contributed by atoms with E-state index in [0.717, 1.165) is 29.1 Å². The zero-order valence-corrected chi connectivity index (χ0v) is 20.1. The Morgan fingerprint density at radius 2 is 1.77 bits per heavy atom. The third kappa shape index (κ3) is 5.52. The molecule has 2 aliphatic heterocycles. The van der Waals surface area contributed by atoms with Crippen LogP contribution in [0.15, 0.2) is 59.5 Å². The summed E-state index contributed by atoms with van der Waals surface area (Å²) in [7, 11) is 1.91. The highest BCUT2D eigenvalue weighted by atomic mass is 32.2. The van der Waals surface area contributed by atoms with Crippen LogP contribution in [-0.4, -0.2) is 59.6 Å². The van der Waals surface area contributed by atoms with E-state index in [0.29, 0.717) is 5.37 Å². The fourth-order valence-electron chi connectivity index (χ4n) is 4.33. The fraction of sp³-hybridized carbons (Fsp3) is 0.458. The lowest BCUT2D eigenvalue weighted by molar-refractivity contribution is 0.224. The maximum atomic E-state index is 5.46. The third-order valence-electron chi connectivity index (χ3n) is 6.07. The van der Waals surface area contributed by atoms with Crippen molar-refractivity contribution >= 4 is 40.9 Å². The number of benzene rings is 2. The maximum absolute atomic E-state index is 5.46. The third-order valence-corrected chi connectivity index (χ3v) is 8.76. The quantitative estimate of drug-likeness (QED) is 0.471. The number of nitrogens with zero attached hydrogens (tertiary/aromatic N) is 2. The zero-order valence-electron chi connectivity index (χ0n) is 17.6. The number of hydrogen-bond acceptors (Lipinski definition) is 4. The van der Waals surface area contributed by atoms with Crippen molar-refractivity contribution < 1.29 is 0 Å². The molecule has 30 heavy (non-hydrogen) atoms. The Balaban J connectivity index is 1.21. The molecule has 0 bridgehead atoms. The topological polar surface area (TPSA) is 18.5 Å². The van der Waals surface area contributed by atoms with Gasteiger partial charge in [-0.05, 0) is 67.3 Å². The van der Waals surface area contributed by atoms with E-state index in [1.54, 1.807) is 0 Å². The number of thiocarbonyl (C=S) groups is 1. The van der Waals surface area contributed by atoms with E-state index in [2.05, 4.69) is 69.7 Å². The van der Waals surface area contributed by atoms with E-state index in [1.807, 2.05) is 30.6 Å². The molecule has 0 amide bonds. The molecule has 0 aromatic heterocycles. The van der Waals surface area contributed by atoms with Gasteiger partial charge in [-0.1, -0.05) is 42.5 Å². The molecule has 160 valence electrons. The van der Waals surface area contributed by atoms with Gasteiger partial charge >= 0.3 is 0 Å². The molecule has 1 N–H and O–H groups in total. The van der Waals surface area contributed by atoms with Crippen molar-refractivity contribution in [2.24, 2.45) is 0 Å². The van der Waals surface area contributed by atoms with Crippen LogP contribution >= 0.6 is 35.7 Å². The standard InChI is InChI=1S/C24H31N3S3/c1-25-24(28)27-16-18-30-23(27)21-7-9-22(10-8-21)29-17-15-26-13-11-20(12-14-26)19-5-3-2-4-6-19/h2-10,20,23H,11-18H2,1H3,(H,25,28). The Kier molecular flexibility index (Phi) is 7.99. The minimum absolute atomic E-state index is 0.343. The normalized spacial score (nSPS) is 20.4. The maximum Gasteiger partial charge on any atom is 0.169 e. The van der Waals surface area contributed by atoms with Gasteiger partial charge in [0, 0.05) is 36.5 Å². The van der Waals surface area contributed by atoms with Gasteiger partial charge in [0.25, 0.3) is 0 Å². The predicted molar refractivity (Wildman–Crippen MR) is 136 cm³/mol. The second kappa shape index (κ2) is 10.9. The van der Waals surface area contributed by atoms with Gasteiger partial charge in [-0.25, -0.2) is 0 Å². The summed E-state index contributed by atoms with van der Waals surface area (Å²) in [5.74, 6) is 3.03. The molecule has 2 saturated heterocycles. The van der Waals surface area contributed by atoms with E-state index in [1.165, 1.54) is 48.5 Å². The second-order valence-electron chi connectivity index (χ2n) is 7.92. The molecule has 2 aliphatic rings. The summed E-state index contributed by atoms with van der Waals surface area (Å²) in [5, 5.41) is 4.31. The summed E-state index contributed by atoms with van der Waals surface area (Å²) in [5.41, 5.74) is 2.86. The van der Waals surface area contributed by atoms with Crippen molar-refractivity contribution in [3.8, 4) is 0 Å². The highest BCUT2D eigenvalue weighted by Crippen LogP contribution is 2.38. The van der Waals surface area contributed by atoms with Crippen molar-refractivity contribution in [2.45, 2.75) is 29.0 Å². The molecule has 0 spiro atoms. The lowest BCUT2D eigenvalue weighted by atomic mass is 9.89. The number of thioether (sulfide) groups is 2. The van der Waals surface area contributed by atoms with Gasteiger partial charge in [0.2, 0.25) is 0 Å². The smallest absolute Gasteiger partial charge is 0.169 e. The highest BCUT2D eigenvalue weighted by Gasteiger charge is 2.28. The number of hydrogen-bond donors (Lipinski definition) is 1. The molecule has 3 nitrogen and oxygen atoms in total. The Bertz CT molecular complexity index is 804. The molecule has 2 aromatic rings. The van der Waals surface area contributed by atoms with Crippen LogP contribution < -0.4 is 5.32 Å². The number of nitrogens with one attached hydrogen (secondary N) is 1. The lowest BCUT2D eigenvalue weighted by Crippen LogP contribution is -2.37. The van der Waals surface area contributed by atoms with Crippen molar-refractivity contribution in [1.29, 1.82) is 0 Å². The predicted octanol–water partition coefficient (Wildman–Crippen LogP) is 5.21. The van der Waals surface area contributed by atoms with Crippen LogP contribution in [0.4, 0.5) is 0 Å². The van der Waals surface area contributed by atoms with Crippen LogP contribution in [0.1, 0.15) is 35.3 Å². The Morgan fingerprint density at radius 3 is 2.47 bits per heavy atom. The first-order valence-corrected chi connectivity index (χ1v) is 13.3. The Hall–Kier alpha value is -1.21. The first-order valence-electron chi connectivity index (χ1n) is 10.8. The number of piperidine rings is 1. The van der Waals surface area contributed by atoms with Crippen LogP contribution in [-0.2, 0) is 0 Å². The van der Waals surface area contributed by atoms with Crippen molar-refractivity contribution in [3.05, 3.63) is 65.7 Å². The van der Waals surface area contributed by atoms with E-state index in [4.69, 9.17) is 12.2 Å². The summed E-state index contributed by atoms with van der Waals surface area (Å²) in [6.45, 7) is 4.64. The molecule has 0 saturated carbocycles. The van der Waals surface area contributed by atoms with Crippen LogP contribution in [0.5, 0.6) is 0 Å². The monoisotopic (exact) mass is 457 g/mol. The molecular weight excluding hydrogens is 426 g/mol. The first kappa shape index (κ1) is 22.0. The van der Waals surface area contributed by atoms with Gasteiger partial charge in [-0.3, -0.25) is 0 Å². The van der Waals surface area contributed by atoms with Crippen LogP contribution in [0.3, 0.4) is 0 Å². The molecule has 0 aliphatic carbocycles. The van der Waals surface area contributed by atoms with Gasteiger partial charge in [0.05, 0.1) is 0 Å². The van der Waals surface area contributed by atoms with Gasteiger partial charge < -0.3 is 15.1 Å². The minimum Gasteiger partial charge on any atom is -0.366 e. The van der Waals surface area contributed by atoms with Gasteiger partial charge in [-0.2, -0.15) is 0 Å². The molecule has 1 atom stereocenters. The Labute approximate surface area is 195 Å². The summed E-state index contributed by atoms with van der Waals surface area (Å²) < 4.78 is 0.